The van der Waals surface area contributed by atoms with Crippen molar-refractivity contribution in [3.05, 3.63) is 24.1 Å². The Labute approximate surface area is 81.5 Å². The summed E-state index contributed by atoms with van der Waals surface area (Å²) in [5.74, 6) is -0.602. The largest absolute Gasteiger partial charge is 0.368 e. The van der Waals surface area contributed by atoms with Gasteiger partial charge >= 0.3 is 0 Å². The Balaban J connectivity index is 2.83. The maximum Gasteiger partial charge on any atom is 0.236 e. The zero-order valence-corrected chi connectivity index (χ0v) is 7.90. The number of nitrogens with two attached hydrogens (primary N) is 1. The van der Waals surface area contributed by atoms with Crippen LogP contribution in [0.15, 0.2) is 18.2 Å². The lowest BCUT2D eigenvalue weighted by Gasteiger charge is -2.19. The highest BCUT2D eigenvalue weighted by molar-refractivity contribution is 5.79. The number of halogens is 1. The van der Waals surface area contributed by atoms with E-state index in [1.165, 1.54) is 6.07 Å². The van der Waals surface area contributed by atoms with Crippen molar-refractivity contribution >= 4 is 11.7 Å². The summed E-state index contributed by atoms with van der Waals surface area (Å²) >= 11 is 0. The number of carbonyl (C=O) groups is 1. The van der Waals surface area contributed by atoms with Crippen LogP contribution in [0.5, 0.6) is 0 Å². The van der Waals surface area contributed by atoms with Crippen molar-refractivity contribution in [1.29, 1.82) is 0 Å². The molecule has 0 bridgehead atoms. The van der Waals surface area contributed by atoms with Crippen LogP contribution in [0.2, 0.25) is 0 Å². The van der Waals surface area contributed by atoms with E-state index in [2.05, 4.69) is 4.98 Å². The van der Waals surface area contributed by atoms with Crippen LogP contribution in [0.4, 0.5) is 10.2 Å². The summed E-state index contributed by atoms with van der Waals surface area (Å²) in [6.45, 7) is 2.45. The molecule has 14 heavy (non-hydrogen) atoms. The Kier molecular flexibility index (Phi) is 3.39. The van der Waals surface area contributed by atoms with Gasteiger partial charge in [-0.15, -0.1) is 0 Å². The molecule has 0 unspecified atom stereocenters. The van der Waals surface area contributed by atoms with Crippen molar-refractivity contribution < 1.29 is 9.18 Å². The fraction of sp³-hybridized carbons (Fsp3) is 0.333. The molecule has 0 radical (unpaired) electrons. The number of hydrogen-bond donors (Lipinski definition) is 1. The van der Waals surface area contributed by atoms with Gasteiger partial charge in [0.2, 0.25) is 11.9 Å². The average Bonchev–Trinajstić information content (AvgIpc) is 2.14. The first-order valence-corrected chi connectivity index (χ1v) is 4.29. The maximum atomic E-state index is 12.7. The van der Waals surface area contributed by atoms with E-state index in [9.17, 15) is 9.18 Å². The van der Waals surface area contributed by atoms with E-state index >= 15 is 0 Å². The molecule has 5 heteroatoms. The third-order valence-corrected chi connectivity index (χ3v) is 1.75. The molecular formula is C9H12FN3O. The van der Waals surface area contributed by atoms with Crippen LogP contribution in [0, 0.1) is 5.95 Å². The lowest BCUT2D eigenvalue weighted by Crippen LogP contribution is -2.34. The van der Waals surface area contributed by atoms with Crippen molar-refractivity contribution in [2.75, 3.05) is 18.0 Å². The van der Waals surface area contributed by atoms with Gasteiger partial charge in [0, 0.05) is 6.54 Å². The Bertz CT molecular complexity index is 330. The highest BCUT2D eigenvalue weighted by atomic mass is 19.1. The number of aromatic nitrogens is 1. The number of pyridine rings is 1. The molecule has 0 saturated carbocycles. The third-order valence-electron chi connectivity index (χ3n) is 1.75. The molecule has 4 nitrogen and oxygen atoms in total. The molecular weight excluding hydrogens is 185 g/mol. The lowest BCUT2D eigenvalue weighted by molar-refractivity contribution is -0.116. The van der Waals surface area contributed by atoms with Gasteiger partial charge in [0.05, 0.1) is 6.54 Å². The van der Waals surface area contributed by atoms with E-state index in [1.807, 2.05) is 6.92 Å². The molecule has 1 heterocycles. The fourth-order valence-corrected chi connectivity index (χ4v) is 1.12. The van der Waals surface area contributed by atoms with Gasteiger partial charge in [-0.3, -0.25) is 4.79 Å². The standard InChI is InChI=1S/C9H12FN3O/c1-2-13(6-8(11)14)9-5-3-4-7(10)12-9/h3-5H,2,6H2,1H3,(H2,11,14). The van der Waals surface area contributed by atoms with Crippen molar-refractivity contribution in [1.82, 2.24) is 4.98 Å². The fourth-order valence-electron chi connectivity index (χ4n) is 1.12. The SMILES string of the molecule is CCN(CC(N)=O)c1cccc(F)n1. The van der Waals surface area contributed by atoms with Crippen molar-refractivity contribution in [2.45, 2.75) is 6.92 Å². The van der Waals surface area contributed by atoms with Crippen LogP contribution in [0.25, 0.3) is 0 Å². The highest BCUT2D eigenvalue weighted by Crippen LogP contribution is 2.09. The molecule has 1 aromatic heterocycles. The van der Waals surface area contributed by atoms with Gasteiger partial charge in [0.25, 0.3) is 0 Å². The molecule has 0 aliphatic heterocycles. The molecule has 0 aromatic carbocycles. The summed E-state index contributed by atoms with van der Waals surface area (Å²) in [5.41, 5.74) is 5.04. The molecule has 2 N–H and O–H groups in total. The van der Waals surface area contributed by atoms with E-state index in [4.69, 9.17) is 5.73 Å². The van der Waals surface area contributed by atoms with Gasteiger partial charge in [-0.2, -0.15) is 4.39 Å². The second-order valence-corrected chi connectivity index (χ2v) is 2.80. The number of primary amides is 1. The van der Waals surface area contributed by atoms with E-state index in [1.54, 1.807) is 17.0 Å². The van der Waals surface area contributed by atoms with Gasteiger partial charge in [-0.05, 0) is 19.1 Å². The Morgan fingerprint density at radius 3 is 2.86 bits per heavy atom. The monoisotopic (exact) mass is 197 g/mol. The minimum absolute atomic E-state index is 0.0486. The molecule has 0 aliphatic carbocycles. The summed E-state index contributed by atoms with van der Waals surface area (Å²) in [6, 6.07) is 4.43. The summed E-state index contributed by atoms with van der Waals surface area (Å²) < 4.78 is 12.7. The maximum absolute atomic E-state index is 12.7. The van der Waals surface area contributed by atoms with Crippen LogP contribution < -0.4 is 10.6 Å². The lowest BCUT2D eigenvalue weighted by atomic mass is 10.4. The first-order chi connectivity index (χ1) is 6.63. The molecule has 1 rings (SSSR count). The summed E-state index contributed by atoms with van der Waals surface area (Å²) in [6.07, 6.45) is 0. The number of likely N-dealkylation sites (N-methyl/N-ethyl adjacent to an activating group) is 1. The van der Waals surface area contributed by atoms with E-state index in [-0.39, 0.29) is 6.54 Å². The number of nitrogens with zero attached hydrogens (tertiary/aromatic N) is 2. The molecule has 76 valence electrons. The Morgan fingerprint density at radius 1 is 1.64 bits per heavy atom. The average molecular weight is 197 g/mol. The molecule has 0 saturated heterocycles. The van der Waals surface area contributed by atoms with Crippen LogP contribution >= 0.6 is 0 Å². The molecule has 0 atom stereocenters. The molecule has 1 aromatic rings. The van der Waals surface area contributed by atoms with Gasteiger partial charge in [-0.25, -0.2) is 4.98 Å². The summed E-state index contributed by atoms with van der Waals surface area (Å²) in [5, 5.41) is 0. The Hall–Kier alpha value is -1.65. The third kappa shape index (κ3) is 2.69. The zero-order chi connectivity index (χ0) is 10.6. The first-order valence-electron chi connectivity index (χ1n) is 4.29. The van der Waals surface area contributed by atoms with Crippen LogP contribution in [-0.4, -0.2) is 24.0 Å². The number of anilines is 1. The quantitative estimate of drug-likeness (QED) is 0.716. The van der Waals surface area contributed by atoms with E-state index in [0.717, 1.165) is 0 Å². The molecule has 0 spiro atoms. The van der Waals surface area contributed by atoms with Crippen LogP contribution in [0.3, 0.4) is 0 Å². The normalized spacial score (nSPS) is 9.86. The van der Waals surface area contributed by atoms with Gasteiger partial charge in [0.1, 0.15) is 5.82 Å². The first kappa shape index (κ1) is 10.4. The zero-order valence-electron chi connectivity index (χ0n) is 7.90. The summed E-state index contributed by atoms with van der Waals surface area (Å²) in [7, 11) is 0. The smallest absolute Gasteiger partial charge is 0.236 e. The number of rotatable bonds is 4. The number of amides is 1. The van der Waals surface area contributed by atoms with Gasteiger partial charge < -0.3 is 10.6 Å². The topological polar surface area (TPSA) is 59.2 Å². The van der Waals surface area contributed by atoms with Gasteiger partial charge in [-0.1, -0.05) is 6.07 Å². The van der Waals surface area contributed by atoms with E-state index < -0.39 is 11.9 Å². The van der Waals surface area contributed by atoms with Crippen molar-refractivity contribution in [3.8, 4) is 0 Å². The second kappa shape index (κ2) is 4.55. The van der Waals surface area contributed by atoms with Gasteiger partial charge in [0.15, 0.2) is 0 Å². The Morgan fingerprint density at radius 2 is 2.36 bits per heavy atom. The van der Waals surface area contributed by atoms with Crippen molar-refractivity contribution in [2.24, 2.45) is 5.73 Å². The van der Waals surface area contributed by atoms with Crippen LogP contribution in [0.1, 0.15) is 6.92 Å². The van der Waals surface area contributed by atoms with Crippen LogP contribution in [-0.2, 0) is 4.79 Å². The minimum Gasteiger partial charge on any atom is -0.368 e. The predicted molar refractivity (Wildman–Crippen MR) is 51.3 cm³/mol. The number of hydrogen-bond acceptors (Lipinski definition) is 3. The molecule has 0 fully saturated rings. The predicted octanol–water partition coefficient (Wildman–Crippen LogP) is 0.532. The number of carbonyl (C=O) groups excluding carboxylic acids is 1. The minimum atomic E-state index is -0.564. The molecule has 0 aliphatic rings. The second-order valence-electron chi connectivity index (χ2n) is 2.80. The highest BCUT2D eigenvalue weighted by Gasteiger charge is 2.08. The summed E-state index contributed by atoms with van der Waals surface area (Å²) in [4.78, 5) is 15.9. The molecule has 1 amide bonds. The van der Waals surface area contributed by atoms with E-state index in [0.29, 0.717) is 12.4 Å². The van der Waals surface area contributed by atoms with Crippen molar-refractivity contribution in [3.63, 3.8) is 0 Å².